The fourth-order valence-electron chi connectivity index (χ4n) is 2.28. The Labute approximate surface area is 140 Å². The minimum atomic E-state index is -0.449. The van der Waals surface area contributed by atoms with E-state index < -0.39 is 5.82 Å². The second-order valence-corrected chi connectivity index (χ2v) is 6.21. The lowest BCUT2D eigenvalue weighted by Crippen LogP contribution is -1.92. The Morgan fingerprint density at radius 3 is 2.87 bits per heavy atom. The summed E-state index contributed by atoms with van der Waals surface area (Å²) in [5.41, 5.74) is 3.43. The summed E-state index contributed by atoms with van der Waals surface area (Å²) in [6, 6.07) is 10.4. The van der Waals surface area contributed by atoms with Gasteiger partial charge in [-0.1, -0.05) is 11.6 Å². The van der Waals surface area contributed by atoms with Crippen molar-refractivity contribution in [3.8, 4) is 10.6 Å². The van der Waals surface area contributed by atoms with E-state index in [9.17, 15) is 4.39 Å². The molecule has 2 N–H and O–H groups in total. The maximum atomic E-state index is 13.2. The molecule has 4 nitrogen and oxygen atoms in total. The molecule has 0 amide bonds. The zero-order valence-corrected chi connectivity index (χ0v) is 13.2. The van der Waals surface area contributed by atoms with E-state index in [0.717, 1.165) is 21.6 Å². The molecule has 114 valence electrons. The number of fused-ring (bicyclic) bond motifs is 1. The van der Waals surface area contributed by atoms with Gasteiger partial charge in [0.05, 0.1) is 16.1 Å². The van der Waals surface area contributed by atoms with Crippen molar-refractivity contribution in [1.29, 1.82) is 0 Å². The van der Waals surface area contributed by atoms with Crippen LogP contribution in [-0.2, 0) is 0 Å². The van der Waals surface area contributed by atoms with Crippen molar-refractivity contribution in [2.75, 3.05) is 5.32 Å². The Hall–Kier alpha value is -2.44. The summed E-state index contributed by atoms with van der Waals surface area (Å²) in [4.78, 5) is 12.0. The van der Waals surface area contributed by atoms with Crippen molar-refractivity contribution in [2.45, 2.75) is 0 Å². The number of nitrogens with zero attached hydrogens (tertiary/aromatic N) is 2. The largest absolute Gasteiger partial charge is 0.326 e. The minimum Gasteiger partial charge on any atom is -0.326 e. The van der Waals surface area contributed by atoms with Crippen molar-refractivity contribution in [2.24, 2.45) is 0 Å². The number of imidazole rings is 1. The van der Waals surface area contributed by atoms with E-state index in [0.29, 0.717) is 11.6 Å². The molecule has 0 radical (unpaired) electrons. The van der Waals surface area contributed by atoms with Crippen LogP contribution in [0.2, 0.25) is 5.02 Å². The Balaban J connectivity index is 1.67. The molecule has 4 rings (SSSR count). The summed E-state index contributed by atoms with van der Waals surface area (Å²) in [7, 11) is 0. The highest BCUT2D eigenvalue weighted by atomic mass is 35.5. The predicted octanol–water partition coefficient (Wildman–Crippen LogP) is 5.22. The fraction of sp³-hybridized carbons (Fsp3) is 0. The molecule has 0 fully saturated rings. The summed E-state index contributed by atoms with van der Waals surface area (Å²) >= 11 is 7.37. The minimum absolute atomic E-state index is 0.0668. The second kappa shape index (κ2) is 5.64. The zero-order valence-electron chi connectivity index (χ0n) is 11.7. The zero-order chi connectivity index (χ0) is 15.8. The average Bonchev–Trinajstić information content (AvgIpc) is 3.19. The summed E-state index contributed by atoms with van der Waals surface area (Å²) in [6.45, 7) is 0. The van der Waals surface area contributed by atoms with Crippen molar-refractivity contribution >= 4 is 45.6 Å². The number of aromatic amines is 1. The third-order valence-electron chi connectivity index (χ3n) is 3.34. The average molecular weight is 345 g/mol. The quantitative estimate of drug-likeness (QED) is 0.535. The third-order valence-corrected chi connectivity index (χ3v) is 4.46. The molecule has 23 heavy (non-hydrogen) atoms. The smallest absolute Gasteiger partial charge is 0.205 e. The van der Waals surface area contributed by atoms with E-state index in [4.69, 9.17) is 11.6 Å². The maximum Gasteiger partial charge on any atom is 0.205 e. The van der Waals surface area contributed by atoms with Gasteiger partial charge >= 0.3 is 0 Å². The Morgan fingerprint density at radius 2 is 2.09 bits per heavy atom. The molecule has 2 aromatic carbocycles. The fourth-order valence-corrected chi connectivity index (χ4v) is 3.09. The van der Waals surface area contributed by atoms with Crippen molar-refractivity contribution < 1.29 is 4.39 Å². The Morgan fingerprint density at radius 1 is 1.17 bits per heavy atom. The molecular formula is C16H10ClFN4S. The molecule has 0 aliphatic carbocycles. The van der Waals surface area contributed by atoms with Crippen molar-refractivity contribution in [3.63, 3.8) is 0 Å². The highest BCUT2D eigenvalue weighted by molar-refractivity contribution is 7.13. The van der Waals surface area contributed by atoms with Gasteiger partial charge in [-0.2, -0.15) is 0 Å². The van der Waals surface area contributed by atoms with Gasteiger partial charge in [-0.3, -0.25) is 0 Å². The number of thiazole rings is 1. The summed E-state index contributed by atoms with van der Waals surface area (Å²) in [5.74, 6) is 0.119. The van der Waals surface area contributed by atoms with Crippen LogP contribution in [0.1, 0.15) is 0 Å². The number of rotatable bonds is 3. The van der Waals surface area contributed by atoms with Gasteiger partial charge in [0, 0.05) is 22.8 Å². The first-order valence-electron chi connectivity index (χ1n) is 6.81. The van der Waals surface area contributed by atoms with E-state index in [1.165, 1.54) is 12.1 Å². The molecule has 0 spiro atoms. The highest BCUT2D eigenvalue weighted by Gasteiger charge is 2.07. The molecule has 0 aliphatic heterocycles. The SMILES string of the molecule is Fc1ccc(Nc2nc3ccc(-c4nccs4)cc3[nH]2)cc1Cl. The lowest BCUT2D eigenvalue weighted by molar-refractivity contribution is 0.628. The third kappa shape index (κ3) is 2.78. The van der Waals surface area contributed by atoms with Crippen LogP contribution < -0.4 is 5.32 Å². The number of H-pyrrole nitrogens is 1. The molecule has 7 heteroatoms. The number of anilines is 2. The molecule has 0 saturated heterocycles. The monoisotopic (exact) mass is 344 g/mol. The molecule has 0 saturated carbocycles. The van der Waals surface area contributed by atoms with Crippen molar-refractivity contribution in [1.82, 2.24) is 15.0 Å². The molecule has 0 atom stereocenters. The van der Waals surface area contributed by atoms with Crippen LogP contribution in [0.3, 0.4) is 0 Å². The molecule has 0 aliphatic rings. The van der Waals surface area contributed by atoms with E-state index in [-0.39, 0.29) is 5.02 Å². The van der Waals surface area contributed by atoms with Crippen molar-refractivity contribution in [3.05, 3.63) is 58.8 Å². The van der Waals surface area contributed by atoms with Gasteiger partial charge in [0.15, 0.2) is 0 Å². The number of hydrogen-bond acceptors (Lipinski definition) is 4. The van der Waals surface area contributed by atoms with Gasteiger partial charge in [-0.05, 0) is 36.4 Å². The van der Waals surface area contributed by atoms with Crippen LogP contribution in [0.25, 0.3) is 21.6 Å². The molecule has 2 aromatic heterocycles. The van der Waals surface area contributed by atoms with E-state index >= 15 is 0 Å². The van der Waals surface area contributed by atoms with E-state index in [2.05, 4.69) is 20.3 Å². The first-order chi connectivity index (χ1) is 11.2. The van der Waals surface area contributed by atoms with Gasteiger partial charge in [0.25, 0.3) is 0 Å². The van der Waals surface area contributed by atoms with Gasteiger partial charge in [-0.15, -0.1) is 11.3 Å². The standard InChI is InChI=1S/C16H10ClFN4S/c17-11-8-10(2-3-12(11)18)20-16-21-13-4-1-9(7-14(13)22-16)15-19-5-6-23-15/h1-8H,(H2,20,21,22). The van der Waals surface area contributed by atoms with E-state index in [1.54, 1.807) is 23.6 Å². The Kier molecular flexibility index (Phi) is 3.48. The number of benzene rings is 2. The van der Waals surface area contributed by atoms with Crippen LogP contribution in [0.4, 0.5) is 16.0 Å². The second-order valence-electron chi connectivity index (χ2n) is 4.91. The first-order valence-corrected chi connectivity index (χ1v) is 8.06. The maximum absolute atomic E-state index is 13.2. The number of aromatic nitrogens is 3. The van der Waals surface area contributed by atoms with Gasteiger partial charge in [-0.25, -0.2) is 14.4 Å². The first kappa shape index (κ1) is 14.2. The normalized spacial score (nSPS) is 11.0. The van der Waals surface area contributed by atoms with Gasteiger partial charge in [0.1, 0.15) is 10.8 Å². The number of nitrogens with one attached hydrogen (secondary N) is 2. The number of halogens is 2. The topological polar surface area (TPSA) is 53.6 Å². The Bertz CT molecular complexity index is 981. The highest BCUT2D eigenvalue weighted by Crippen LogP contribution is 2.27. The molecule has 4 aromatic rings. The van der Waals surface area contributed by atoms with Crippen LogP contribution >= 0.6 is 22.9 Å². The summed E-state index contributed by atoms with van der Waals surface area (Å²) in [5, 5.41) is 6.05. The molecule has 0 unspecified atom stereocenters. The summed E-state index contributed by atoms with van der Waals surface area (Å²) in [6.07, 6.45) is 1.78. The molecule has 0 bridgehead atoms. The van der Waals surface area contributed by atoms with Crippen LogP contribution in [-0.4, -0.2) is 15.0 Å². The van der Waals surface area contributed by atoms with E-state index in [1.807, 2.05) is 23.6 Å². The lowest BCUT2D eigenvalue weighted by atomic mass is 10.2. The number of hydrogen-bond donors (Lipinski definition) is 2. The van der Waals surface area contributed by atoms with Crippen LogP contribution in [0, 0.1) is 5.82 Å². The predicted molar refractivity (Wildman–Crippen MR) is 91.9 cm³/mol. The van der Waals surface area contributed by atoms with Crippen LogP contribution in [0.15, 0.2) is 48.0 Å². The van der Waals surface area contributed by atoms with Gasteiger partial charge in [0.2, 0.25) is 5.95 Å². The van der Waals surface area contributed by atoms with Gasteiger partial charge < -0.3 is 10.3 Å². The molecular weight excluding hydrogens is 335 g/mol. The van der Waals surface area contributed by atoms with Crippen LogP contribution in [0.5, 0.6) is 0 Å². The lowest BCUT2D eigenvalue weighted by Gasteiger charge is -2.03. The summed E-state index contributed by atoms with van der Waals surface area (Å²) < 4.78 is 13.2. The molecule has 2 heterocycles.